The molecule has 0 spiro atoms. The second-order valence-electron chi connectivity index (χ2n) is 7.37. The predicted octanol–water partition coefficient (Wildman–Crippen LogP) is 5.48. The van der Waals surface area contributed by atoms with Crippen molar-refractivity contribution in [2.75, 3.05) is 18.1 Å². The van der Waals surface area contributed by atoms with Gasteiger partial charge in [0.1, 0.15) is 6.11 Å². The average molecular weight is 442 g/mol. The van der Waals surface area contributed by atoms with Gasteiger partial charge in [-0.05, 0) is 68.0 Å². The van der Waals surface area contributed by atoms with Gasteiger partial charge in [0.25, 0.3) is 0 Å². The molecule has 1 aliphatic carbocycles. The van der Waals surface area contributed by atoms with Crippen LogP contribution in [0.5, 0.6) is 0 Å². The lowest BCUT2D eigenvalue weighted by Crippen LogP contribution is -2.29. The molecule has 0 atom stereocenters. The summed E-state index contributed by atoms with van der Waals surface area (Å²) in [7, 11) is 0. The summed E-state index contributed by atoms with van der Waals surface area (Å²) in [5, 5.41) is 9.14. The van der Waals surface area contributed by atoms with Crippen molar-refractivity contribution in [2.24, 2.45) is 11.8 Å². The van der Waals surface area contributed by atoms with Crippen molar-refractivity contribution >= 4 is 35.0 Å². The van der Waals surface area contributed by atoms with Crippen molar-refractivity contribution in [3.8, 4) is 12.0 Å². The van der Waals surface area contributed by atoms with E-state index in [1.807, 2.05) is 30.3 Å². The molecular formula is C24H24ClNO5. The van der Waals surface area contributed by atoms with Gasteiger partial charge in [-0.3, -0.25) is 0 Å². The molecule has 0 aromatic heterocycles. The summed E-state index contributed by atoms with van der Waals surface area (Å²) in [4.78, 5) is 24.9. The van der Waals surface area contributed by atoms with Gasteiger partial charge >= 0.3 is 12.1 Å². The highest BCUT2D eigenvalue weighted by atomic mass is 35.5. The van der Waals surface area contributed by atoms with Gasteiger partial charge in [0.2, 0.25) is 0 Å². The minimum atomic E-state index is -1.04. The van der Waals surface area contributed by atoms with Gasteiger partial charge in [-0.2, -0.15) is 0 Å². The normalized spacial score (nSPS) is 17.7. The van der Waals surface area contributed by atoms with E-state index in [0.29, 0.717) is 17.3 Å². The standard InChI is InChI=1S/C24H24ClNO5/c25-20-10-12-22(13-11-20)26(21-4-2-1-3-5-21)24(29)31-16-19-8-6-18(7-9-19)14-15-30-17-23(27)28/h1-5,10-13,18-19H,6-9,16-17H2,(H,27,28). The predicted molar refractivity (Wildman–Crippen MR) is 118 cm³/mol. The van der Waals surface area contributed by atoms with E-state index in [-0.39, 0.29) is 11.8 Å². The van der Waals surface area contributed by atoms with Crippen molar-refractivity contribution in [1.29, 1.82) is 0 Å². The summed E-state index contributed by atoms with van der Waals surface area (Å²) in [5.74, 6) is 2.37. The van der Waals surface area contributed by atoms with Crippen LogP contribution in [0.3, 0.4) is 0 Å². The van der Waals surface area contributed by atoms with E-state index >= 15 is 0 Å². The van der Waals surface area contributed by atoms with Crippen LogP contribution in [0.2, 0.25) is 5.02 Å². The molecule has 0 aliphatic heterocycles. The largest absolute Gasteiger partial charge is 0.479 e. The molecule has 0 bridgehead atoms. The molecule has 0 saturated heterocycles. The van der Waals surface area contributed by atoms with Gasteiger partial charge in [-0.15, -0.1) is 0 Å². The van der Waals surface area contributed by atoms with Crippen molar-refractivity contribution in [3.05, 3.63) is 59.6 Å². The fraction of sp³-hybridized carbons (Fsp3) is 0.333. The molecule has 0 heterocycles. The van der Waals surface area contributed by atoms with Crippen molar-refractivity contribution in [2.45, 2.75) is 25.7 Å². The number of anilines is 2. The first-order valence-electron chi connectivity index (χ1n) is 10.1. The number of carboxylic acids is 1. The Morgan fingerprint density at radius 1 is 1.00 bits per heavy atom. The van der Waals surface area contributed by atoms with E-state index in [1.165, 1.54) is 4.90 Å². The summed E-state index contributed by atoms with van der Waals surface area (Å²) < 4.78 is 10.4. The molecule has 0 unspecified atom stereocenters. The number of rotatable bonds is 6. The Kier molecular flexibility index (Phi) is 8.19. The molecule has 1 amide bonds. The van der Waals surface area contributed by atoms with Crippen LogP contribution in [-0.4, -0.2) is 30.4 Å². The maximum Gasteiger partial charge on any atom is 0.418 e. The zero-order valence-corrected chi connectivity index (χ0v) is 17.8. The minimum absolute atomic E-state index is 0.177. The Hall–Kier alpha value is -3.17. The van der Waals surface area contributed by atoms with Crippen molar-refractivity contribution < 1.29 is 24.2 Å². The fourth-order valence-corrected chi connectivity index (χ4v) is 3.60. The maximum atomic E-state index is 12.9. The summed E-state index contributed by atoms with van der Waals surface area (Å²) >= 11 is 5.99. The van der Waals surface area contributed by atoms with E-state index in [4.69, 9.17) is 26.2 Å². The van der Waals surface area contributed by atoms with E-state index in [1.54, 1.807) is 24.3 Å². The number of amides is 1. The third-order valence-electron chi connectivity index (χ3n) is 5.10. The molecule has 7 heteroatoms. The molecule has 1 aliphatic rings. The van der Waals surface area contributed by atoms with Gasteiger partial charge < -0.3 is 14.6 Å². The summed E-state index contributed by atoms with van der Waals surface area (Å²) in [6, 6.07) is 16.4. The lowest BCUT2D eigenvalue weighted by Gasteiger charge is -2.27. The molecule has 1 fully saturated rings. The number of ether oxygens (including phenoxy) is 2. The number of carboxylic acid groups (broad SMARTS) is 1. The number of carbonyl (C=O) groups excluding carboxylic acids is 1. The highest BCUT2D eigenvalue weighted by Gasteiger charge is 2.24. The Balaban J connectivity index is 1.55. The Bertz CT molecular complexity index is 928. The van der Waals surface area contributed by atoms with Crippen LogP contribution in [0.4, 0.5) is 16.2 Å². The number of para-hydroxylation sites is 1. The van der Waals surface area contributed by atoms with Crippen LogP contribution in [0.1, 0.15) is 25.7 Å². The third-order valence-corrected chi connectivity index (χ3v) is 5.35. The number of nitrogens with zero attached hydrogens (tertiary/aromatic N) is 1. The lowest BCUT2D eigenvalue weighted by molar-refractivity contribution is -0.140. The zero-order chi connectivity index (χ0) is 22.1. The van der Waals surface area contributed by atoms with E-state index in [2.05, 4.69) is 12.0 Å². The minimum Gasteiger partial charge on any atom is -0.479 e. The smallest absolute Gasteiger partial charge is 0.418 e. The van der Waals surface area contributed by atoms with Gasteiger partial charge in [-0.1, -0.05) is 35.7 Å². The highest BCUT2D eigenvalue weighted by Crippen LogP contribution is 2.30. The molecule has 6 nitrogen and oxygen atoms in total. The lowest BCUT2D eigenvalue weighted by atomic mass is 9.83. The monoisotopic (exact) mass is 441 g/mol. The zero-order valence-electron chi connectivity index (χ0n) is 17.0. The fourth-order valence-electron chi connectivity index (χ4n) is 3.48. The van der Waals surface area contributed by atoms with Crippen LogP contribution >= 0.6 is 11.6 Å². The van der Waals surface area contributed by atoms with E-state index in [0.717, 1.165) is 31.4 Å². The maximum absolute atomic E-state index is 12.9. The number of hydrogen-bond donors (Lipinski definition) is 1. The van der Waals surface area contributed by atoms with Crippen LogP contribution in [0.15, 0.2) is 54.6 Å². The van der Waals surface area contributed by atoms with Crippen LogP contribution in [0.25, 0.3) is 0 Å². The van der Waals surface area contributed by atoms with Gasteiger partial charge in [0, 0.05) is 10.9 Å². The van der Waals surface area contributed by atoms with Crippen LogP contribution in [0, 0.1) is 23.9 Å². The molecule has 0 radical (unpaired) electrons. The second kappa shape index (κ2) is 11.3. The van der Waals surface area contributed by atoms with Crippen LogP contribution in [-0.2, 0) is 14.3 Å². The molecule has 3 rings (SSSR count). The second-order valence-corrected chi connectivity index (χ2v) is 7.81. The highest BCUT2D eigenvalue weighted by molar-refractivity contribution is 6.30. The number of benzene rings is 2. The Labute approximate surface area is 186 Å². The number of hydrogen-bond acceptors (Lipinski definition) is 4. The first kappa shape index (κ1) is 22.5. The van der Waals surface area contributed by atoms with E-state index in [9.17, 15) is 9.59 Å². The number of aliphatic carboxylic acids is 1. The molecule has 31 heavy (non-hydrogen) atoms. The quantitative estimate of drug-likeness (QED) is 0.600. The van der Waals surface area contributed by atoms with E-state index < -0.39 is 18.7 Å². The van der Waals surface area contributed by atoms with Crippen LogP contribution < -0.4 is 4.90 Å². The first-order chi connectivity index (χ1) is 15.0. The Morgan fingerprint density at radius 3 is 2.29 bits per heavy atom. The summed E-state index contributed by atoms with van der Waals surface area (Å²) in [6.07, 6.45) is 5.55. The first-order valence-corrected chi connectivity index (χ1v) is 10.5. The third kappa shape index (κ3) is 6.94. The topological polar surface area (TPSA) is 76.1 Å². The average Bonchev–Trinajstić information content (AvgIpc) is 2.78. The van der Waals surface area contributed by atoms with Crippen molar-refractivity contribution in [3.63, 3.8) is 0 Å². The van der Waals surface area contributed by atoms with Crippen molar-refractivity contribution in [1.82, 2.24) is 0 Å². The summed E-state index contributed by atoms with van der Waals surface area (Å²) in [5.41, 5.74) is 1.40. The van der Waals surface area contributed by atoms with Gasteiger partial charge in [-0.25, -0.2) is 14.5 Å². The van der Waals surface area contributed by atoms with Gasteiger partial charge in [0.05, 0.1) is 18.0 Å². The Morgan fingerprint density at radius 2 is 1.65 bits per heavy atom. The molecule has 1 N–H and O–H groups in total. The SMILES string of the molecule is O=C(O)COC#CC1CCC(COC(=O)N(c2ccccc2)c2ccc(Cl)cc2)CC1. The molecule has 2 aromatic rings. The molecule has 162 valence electrons. The number of carbonyl (C=O) groups is 2. The molecule has 1 saturated carbocycles. The molecular weight excluding hydrogens is 418 g/mol. The van der Waals surface area contributed by atoms with Gasteiger partial charge in [0.15, 0.2) is 6.61 Å². The number of halogens is 1. The molecule has 2 aromatic carbocycles. The summed E-state index contributed by atoms with van der Waals surface area (Å²) in [6.45, 7) is -0.0742.